The highest BCUT2D eigenvalue weighted by Crippen LogP contribution is 2.18. The standard InChI is InChI=1S/C24H22N8O3/c1-3-21(33)28-19-6-4-5-16(9-19)14-32-22-18(10-17(11-25)23(32)34)12-26-24(30-22)29-20-13-27-31(15-20)7-8-35-2/h3-6,9-10,12-13,15H,1,7-8,14H2,2H3,(H,28,33)(H,26,29,30). The molecule has 3 heterocycles. The number of fused-ring (bicyclic) bond motifs is 1. The van der Waals surface area contributed by atoms with Crippen LogP contribution < -0.4 is 16.2 Å². The van der Waals surface area contributed by atoms with E-state index in [1.807, 2.05) is 12.1 Å². The maximum absolute atomic E-state index is 13.1. The van der Waals surface area contributed by atoms with Crippen LogP contribution in [0.4, 0.5) is 17.3 Å². The minimum Gasteiger partial charge on any atom is -0.383 e. The van der Waals surface area contributed by atoms with Gasteiger partial charge < -0.3 is 15.4 Å². The summed E-state index contributed by atoms with van der Waals surface area (Å²) in [5, 5.41) is 20.0. The molecule has 0 aliphatic carbocycles. The van der Waals surface area contributed by atoms with Crippen LogP contribution in [-0.2, 0) is 22.6 Å². The number of pyridine rings is 1. The third-order valence-corrected chi connectivity index (χ3v) is 5.08. The first kappa shape index (κ1) is 23.3. The van der Waals surface area contributed by atoms with Gasteiger partial charge in [0.2, 0.25) is 11.9 Å². The average Bonchev–Trinajstić information content (AvgIpc) is 3.31. The molecule has 0 aliphatic rings. The number of amides is 1. The Morgan fingerprint density at radius 3 is 2.91 bits per heavy atom. The van der Waals surface area contributed by atoms with Gasteiger partial charge in [-0.25, -0.2) is 4.98 Å². The topological polar surface area (TPSA) is 140 Å². The monoisotopic (exact) mass is 470 g/mol. The molecule has 0 saturated heterocycles. The molecule has 0 fully saturated rings. The smallest absolute Gasteiger partial charge is 0.270 e. The zero-order chi connectivity index (χ0) is 24.8. The van der Waals surface area contributed by atoms with E-state index in [9.17, 15) is 14.9 Å². The molecule has 4 aromatic rings. The fraction of sp³-hybridized carbons (Fsp3) is 0.167. The fourth-order valence-corrected chi connectivity index (χ4v) is 3.43. The Morgan fingerprint density at radius 2 is 2.14 bits per heavy atom. The molecule has 0 atom stereocenters. The zero-order valence-electron chi connectivity index (χ0n) is 18.9. The minimum absolute atomic E-state index is 0.0163. The number of ether oxygens (including phenoxy) is 1. The molecule has 3 aromatic heterocycles. The lowest BCUT2D eigenvalue weighted by Crippen LogP contribution is -2.24. The van der Waals surface area contributed by atoms with Crippen molar-refractivity contribution in [3.05, 3.63) is 83.1 Å². The number of nitrogens with one attached hydrogen (secondary N) is 2. The van der Waals surface area contributed by atoms with Gasteiger partial charge in [-0.2, -0.15) is 15.3 Å². The van der Waals surface area contributed by atoms with E-state index < -0.39 is 5.56 Å². The van der Waals surface area contributed by atoms with E-state index in [1.165, 1.54) is 16.7 Å². The Bertz CT molecular complexity index is 1500. The Morgan fingerprint density at radius 1 is 1.29 bits per heavy atom. The summed E-state index contributed by atoms with van der Waals surface area (Å²) in [5.41, 5.74) is 1.84. The molecule has 0 aliphatic heterocycles. The number of rotatable bonds is 9. The van der Waals surface area contributed by atoms with Gasteiger partial charge in [-0.05, 0) is 29.8 Å². The summed E-state index contributed by atoms with van der Waals surface area (Å²) in [6.45, 7) is 4.70. The Kier molecular flexibility index (Phi) is 6.94. The van der Waals surface area contributed by atoms with E-state index in [0.717, 1.165) is 5.56 Å². The molecule has 11 nitrogen and oxygen atoms in total. The van der Waals surface area contributed by atoms with Crippen LogP contribution in [0.3, 0.4) is 0 Å². The SMILES string of the molecule is C=CC(=O)Nc1cccc(Cn2c(=O)c(C#N)cc3cnc(Nc4cnn(CCOC)c4)nc32)c1. The van der Waals surface area contributed by atoms with Crippen molar-refractivity contribution in [1.82, 2.24) is 24.3 Å². The summed E-state index contributed by atoms with van der Waals surface area (Å²) in [4.78, 5) is 33.6. The number of nitrogens with zero attached hydrogens (tertiary/aromatic N) is 6. The van der Waals surface area contributed by atoms with E-state index in [-0.39, 0.29) is 24.0 Å². The van der Waals surface area contributed by atoms with Crippen molar-refractivity contribution in [3.63, 3.8) is 0 Å². The third kappa shape index (κ3) is 5.40. The highest BCUT2D eigenvalue weighted by molar-refractivity contribution is 5.98. The van der Waals surface area contributed by atoms with Crippen molar-refractivity contribution in [3.8, 4) is 6.07 Å². The van der Waals surface area contributed by atoms with E-state index in [4.69, 9.17) is 4.74 Å². The first-order valence-electron chi connectivity index (χ1n) is 10.6. The summed E-state index contributed by atoms with van der Waals surface area (Å²) in [5.74, 6) is -0.0705. The molecule has 0 bridgehead atoms. The molecule has 2 N–H and O–H groups in total. The molecule has 0 saturated carbocycles. The van der Waals surface area contributed by atoms with Gasteiger partial charge in [-0.15, -0.1) is 0 Å². The highest BCUT2D eigenvalue weighted by Gasteiger charge is 2.13. The molecule has 0 spiro atoms. The predicted octanol–water partition coefficient (Wildman–Crippen LogP) is 2.42. The van der Waals surface area contributed by atoms with Crippen molar-refractivity contribution in [2.75, 3.05) is 24.4 Å². The van der Waals surface area contributed by atoms with Crippen LogP contribution in [0.25, 0.3) is 11.0 Å². The van der Waals surface area contributed by atoms with E-state index in [1.54, 1.807) is 48.6 Å². The molecular weight excluding hydrogens is 448 g/mol. The van der Waals surface area contributed by atoms with Crippen LogP contribution in [0.2, 0.25) is 0 Å². The lowest BCUT2D eigenvalue weighted by Gasteiger charge is -2.12. The van der Waals surface area contributed by atoms with Gasteiger partial charge >= 0.3 is 0 Å². The number of aromatic nitrogens is 5. The first-order valence-corrected chi connectivity index (χ1v) is 10.6. The number of carbonyl (C=O) groups is 1. The molecule has 35 heavy (non-hydrogen) atoms. The number of hydrogen-bond acceptors (Lipinski definition) is 8. The molecule has 1 aromatic carbocycles. The average molecular weight is 470 g/mol. The van der Waals surface area contributed by atoms with Crippen LogP contribution in [0.15, 0.2) is 66.4 Å². The number of nitriles is 1. The highest BCUT2D eigenvalue weighted by atomic mass is 16.5. The molecule has 11 heteroatoms. The molecule has 0 radical (unpaired) electrons. The lowest BCUT2D eigenvalue weighted by molar-refractivity contribution is -0.111. The second-order valence-electron chi connectivity index (χ2n) is 7.54. The minimum atomic E-state index is -0.474. The van der Waals surface area contributed by atoms with E-state index >= 15 is 0 Å². The van der Waals surface area contributed by atoms with Gasteiger partial charge in [0.05, 0.1) is 31.6 Å². The van der Waals surface area contributed by atoms with Crippen molar-refractivity contribution in [2.24, 2.45) is 0 Å². The second kappa shape index (κ2) is 10.4. The number of methoxy groups -OCH3 is 1. The third-order valence-electron chi connectivity index (χ3n) is 5.08. The molecule has 1 amide bonds. The summed E-state index contributed by atoms with van der Waals surface area (Å²) in [6.07, 6.45) is 6.16. The van der Waals surface area contributed by atoms with Gasteiger partial charge in [0, 0.05) is 30.6 Å². The number of carbonyl (C=O) groups excluding carboxylic acids is 1. The largest absolute Gasteiger partial charge is 0.383 e. The summed E-state index contributed by atoms with van der Waals surface area (Å²) in [6, 6.07) is 10.5. The van der Waals surface area contributed by atoms with Gasteiger partial charge in [-0.3, -0.25) is 18.8 Å². The van der Waals surface area contributed by atoms with Crippen molar-refractivity contribution in [1.29, 1.82) is 5.26 Å². The second-order valence-corrected chi connectivity index (χ2v) is 7.54. The number of benzene rings is 1. The zero-order valence-corrected chi connectivity index (χ0v) is 18.9. The maximum Gasteiger partial charge on any atom is 0.270 e. The lowest BCUT2D eigenvalue weighted by atomic mass is 10.1. The van der Waals surface area contributed by atoms with Crippen LogP contribution in [-0.4, -0.2) is 43.9 Å². The van der Waals surface area contributed by atoms with Crippen LogP contribution in [0.1, 0.15) is 11.1 Å². The van der Waals surface area contributed by atoms with Gasteiger partial charge in [-0.1, -0.05) is 18.7 Å². The first-order chi connectivity index (χ1) is 17.0. The quantitative estimate of drug-likeness (QED) is 0.356. The Hall–Kier alpha value is -4.82. The number of anilines is 3. The van der Waals surface area contributed by atoms with Gasteiger partial charge in [0.15, 0.2) is 0 Å². The fourth-order valence-electron chi connectivity index (χ4n) is 3.43. The van der Waals surface area contributed by atoms with Crippen LogP contribution in [0, 0.1) is 11.3 Å². The summed E-state index contributed by atoms with van der Waals surface area (Å²) in [7, 11) is 1.62. The molecule has 4 rings (SSSR count). The van der Waals surface area contributed by atoms with Crippen molar-refractivity contribution < 1.29 is 9.53 Å². The van der Waals surface area contributed by atoms with Crippen molar-refractivity contribution in [2.45, 2.75) is 13.1 Å². The van der Waals surface area contributed by atoms with Gasteiger partial charge in [0.1, 0.15) is 17.3 Å². The van der Waals surface area contributed by atoms with Gasteiger partial charge in [0.25, 0.3) is 5.56 Å². The maximum atomic E-state index is 13.1. The summed E-state index contributed by atoms with van der Waals surface area (Å²) >= 11 is 0. The Balaban J connectivity index is 1.70. The molecule has 176 valence electrons. The van der Waals surface area contributed by atoms with Crippen LogP contribution in [0.5, 0.6) is 0 Å². The summed E-state index contributed by atoms with van der Waals surface area (Å²) < 4.78 is 8.20. The van der Waals surface area contributed by atoms with Crippen molar-refractivity contribution >= 4 is 34.3 Å². The molecule has 0 unspecified atom stereocenters. The molecular formula is C24H22N8O3. The number of hydrogen-bond donors (Lipinski definition) is 2. The normalized spacial score (nSPS) is 10.6. The van der Waals surface area contributed by atoms with E-state index in [0.29, 0.717) is 35.6 Å². The van der Waals surface area contributed by atoms with Crippen LogP contribution >= 0.6 is 0 Å². The van der Waals surface area contributed by atoms with E-state index in [2.05, 4.69) is 32.3 Å². The Labute approximate surface area is 200 Å². The predicted molar refractivity (Wildman–Crippen MR) is 130 cm³/mol.